The molecule has 192 valence electrons. The van der Waals surface area contributed by atoms with Gasteiger partial charge in [0.2, 0.25) is 0 Å². The fourth-order valence-corrected chi connectivity index (χ4v) is 5.08. The highest BCUT2D eigenvalue weighted by atomic mass is 16.5. The highest BCUT2D eigenvalue weighted by Crippen LogP contribution is 2.32. The van der Waals surface area contributed by atoms with Crippen molar-refractivity contribution in [2.45, 2.75) is 51.2 Å². The molecule has 3 aromatic rings. The standard InChI is InChI=1S/C27H32N8O2/c1-18-17-37-14-13-35(18)26-22-9-12-34(24-15-28-10-11-29-24)16-23(22)32-25(33-26)19-5-7-21(8-6-19)31-27(36)30-20-3-2-4-20/h5-8,10-11,15,18,20H,2-4,9,12-14,16-17H2,1H3,(H2,30,31,36). The summed E-state index contributed by atoms with van der Waals surface area (Å²) in [6.45, 7) is 5.84. The quantitative estimate of drug-likeness (QED) is 0.549. The SMILES string of the molecule is CC1COCCN1c1nc(-c2ccc(NC(=O)NC3CCC3)cc2)nc2c1CCN(c1cnccn1)C2. The zero-order valence-electron chi connectivity index (χ0n) is 21.1. The molecule has 0 spiro atoms. The molecule has 10 heteroatoms. The molecule has 4 heterocycles. The van der Waals surface area contributed by atoms with Crippen molar-refractivity contribution in [2.75, 3.05) is 41.4 Å². The number of hydrogen-bond donors (Lipinski definition) is 2. The van der Waals surface area contributed by atoms with Gasteiger partial charge in [-0.1, -0.05) is 0 Å². The molecule has 1 atom stereocenters. The third-order valence-electron chi connectivity index (χ3n) is 7.40. The summed E-state index contributed by atoms with van der Waals surface area (Å²) >= 11 is 0. The Hall–Kier alpha value is -3.79. The Kier molecular flexibility index (Phi) is 6.57. The van der Waals surface area contributed by atoms with Gasteiger partial charge in [0.1, 0.15) is 11.6 Å². The summed E-state index contributed by atoms with van der Waals surface area (Å²) in [5.41, 5.74) is 3.86. The van der Waals surface area contributed by atoms with E-state index < -0.39 is 0 Å². The average Bonchev–Trinajstić information content (AvgIpc) is 2.91. The maximum absolute atomic E-state index is 12.3. The largest absolute Gasteiger partial charge is 0.377 e. The van der Waals surface area contributed by atoms with Gasteiger partial charge in [0.05, 0.1) is 37.7 Å². The first kappa shape index (κ1) is 23.6. The molecule has 37 heavy (non-hydrogen) atoms. The molecule has 2 fully saturated rings. The van der Waals surface area contributed by atoms with E-state index in [1.165, 1.54) is 12.0 Å². The number of anilines is 3. The highest BCUT2D eigenvalue weighted by Gasteiger charge is 2.29. The van der Waals surface area contributed by atoms with Crippen LogP contribution in [0.2, 0.25) is 0 Å². The molecule has 10 nitrogen and oxygen atoms in total. The van der Waals surface area contributed by atoms with Crippen LogP contribution in [-0.2, 0) is 17.7 Å². The lowest BCUT2D eigenvalue weighted by Gasteiger charge is -2.38. The smallest absolute Gasteiger partial charge is 0.319 e. The normalized spacial score (nSPS) is 19.6. The molecule has 0 radical (unpaired) electrons. The van der Waals surface area contributed by atoms with Crippen molar-refractivity contribution < 1.29 is 9.53 Å². The van der Waals surface area contributed by atoms with Gasteiger partial charge >= 0.3 is 6.03 Å². The van der Waals surface area contributed by atoms with Crippen LogP contribution in [0.4, 0.5) is 22.1 Å². The molecule has 0 bridgehead atoms. The number of ether oxygens (including phenoxy) is 1. The lowest BCUT2D eigenvalue weighted by molar-refractivity contribution is 0.0984. The van der Waals surface area contributed by atoms with E-state index in [9.17, 15) is 4.79 Å². The minimum atomic E-state index is -0.157. The van der Waals surface area contributed by atoms with Gasteiger partial charge in [0, 0.05) is 48.3 Å². The Bertz CT molecular complexity index is 1250. The van der Waals surface area contributed by atoms with Crippen LogP contribution in [0.1, 0.15) is 37.4 Å². The van der Waals surface area contributed by atoms with Crippen LogP contribution < -0.4 is 20.4 Å². The minimum Gasteiger partial charge on any atom is -0.377 e. The number of benzene rings is 1. The van der Waals surface area contributed by atoms with E-state index >= 15 is 0 Å². The minimum absolute atomic E-state index is 0.157. The van der Waals surface area contributed by atoms with Crippen LogP contribution in [0.3, 0.4) is 0 Å². The Morgan fingerprint density at radius 1 is 1.11 bits per heavy atom. The van der Waals surface area contributed by atoms with Crippen molar-refractivity contribution in [3.63, 3.8) is 0 Å². The van der Waals surface area contributed by atoms with E-state index in [1.54, 1.807) is 18.6 Å². The number of nitrogens with one attached hydrogen (secondary N) is 2. The van der Waals surface area contributed by atoms with Gasteiger partial charge in [-0.15, -0.1) is 0 Å². The summed E-state index contributed by atoms with van der Waals surface area (Å²) in [5.74, 6) is 2.53. The molecule has 1 unspecified atom stereocenters. The number of rotatable bonds is 5. The van der Waals surface area contributed by atoms with Crippen molar-refractivity contribution in [2.24, 2.45) is 0 Å². The molecular weight excluding hydrogens is 468 g/mol. The number of aromatic nitrogens is 4. The van der Waals surface area contributed by atoms with Crippen LogP contribution >= 0.6 is 0 Å². The van der Waals surface area contributed by atoms with Gasteiger partial charge in [0.25, 0.3) is 0 Å². The summed E-state index contributed by atoms with van der Waals surface area (Å²) in [5, 5.41) is 5.94. The molecule has 1 aromatic carbocycles. The second-order valence-electron chi connectivity index (χ2n) is 9.95. The number of carbonyl (C=O) groups excluding carboxylic acids is 1. The number of fused-ring (bicyclic) bond motifs is 1. The van der Waals surface area contributed by atoms with Gasteiger partial charge in [-0.25, -0.2) is 19.7 Å². The van der Waals surface area contributed by atoms with Crippen LogP contribution in [0, 0.1) is 0 Å². The number of nitrogens with zero attached hydrogens (tertiary/aromatic N) is 6. The first-order chi connectivity index (χ1) is 18.1. The maximum atomic E-state index is 12.3. The van der Waals surface area contributed by atoms with E-state index in [-0.39, 0.29) is 12.1 Å². The third-order valence-corrected chi connectivity index (χ3v) is 7.40. The second-order valence-corrected chi connectivity index (χ2v) is 9.95. The van der Waals surface area contributed by atoms with Crippen molar-refractivity contribution >= 4 is 23.4 Å². The molecule has 1 saturated carbocycles. The van der Waals surface area contributed by atoms with E-state index in [2.05, 4.69) is 37.3 Å². The van der Waals surface area contributed by atoms with Crippen molar-refractivity contribution in [3.8, 4) is 11.4 Å². The first-order valence-electron chi connectivity index (χ1n) is 13.1. The van der Waals surface area contributed by atoms with Crippen LogP contribution in [-0.4, -0.2) is 64.4 Å². The Balaban J connectivity index is 1.29. The van der Waals surface area contributed by atoms with Gasteiger partial charge in [-0.05, 0) is 56.9 Å². The molecule has 3 aliphatic rings. The van der Waals surface area contributed by atoms with E-state index in [1.807, 2.05) is 24.3 Å². The molecule has 2 aliphatic heterocycles. The maximum Gasteiger partial charge on any atom is 0.319 e. The summed E-state index contributed by atoms with van der Waals surface area (Å²) < 4.78 is 5.70. The number of hydrogen-bond acceptors (Lipinski definition) is 8. The van der Waals surface area contributed by atoms with Gasteiger partial charge in [0.15, 0.2) is 5.82 Å². The van der Waals surface area contributed by atoms with E-state index in [4.69, 9.17) is 14.7 Å². The zero-order valence-corrected chi connectivity index (χ0v) is 21.1. The van der Waals surface area contributed by atoms with Crippen molar-refractivity contribution in [1.29, 1.82) is 0 Å². The molecule has 1 saturated heterocycles. The van der Waals surface area contributed by atoms with Crippen LogP contribution in [0.25, 0.3) is 11.4 Å². The molecule has 2 aromatic heterocycles. The summed E-state index contributed by atoms with van der Waals surface area (Å²) in [6, 6.07) is 8.12. The third kappa shape index (κ3) is 5.06. The van der Waals surface area contributed by atoms with Gasteiger partial charge in [-0.2, -0.15) is 0 Å². The topological polar surface area (TPSA) is 108 Å². The number of amides is 2. The van der Waals surface area contributed by atoms with Crippen LogP contribution in [0.15, 0.2) is 42.9 Å². The van der Waals surface area contributed by atoms with Gasteiger partial charge in [-0.3, -0.25) is 4.98 Å². The van der Waals surface area contributed by atoms with E-state index in [0.29, 0.717) is 31.6 Å². The van der Waals surface area contributed by atoms with Crippen LogP contribution in [0.5, 0.6) is 0 Å². The Labute approximate surface area is 216 Å². The fraction of sp³-hybridized carbons (Fsp3) is 0.444. The monoisotopic (exact) mass is 500 g/mol. The first-order valence-corrected chi connectivity index (χ1v) is 13.1. The predicted molar refractivity (Wildman–Crippen MR) is 142 cm³/mol. The predicted octanol–water partition coefficient (Wildman–Crippen LogP) is 3.40. The molecule has 2 N–H and O–H groups in total. The second kappa shape index (κ2) is 10.3. The molecule has 1 aliphatic carbocycles. The molecule has 6 rings (SSSR count). The van der Waals surface area contributed by atoms with Crippen molar-refractivity contribution in [1.82, 2.24) is 25.3 Å². The van der Waals surface area contributed by atoms with Gasteiger partial charge < -0.3 is 25.2 Å². The lowest BCUT2D eigenvalue weighted by Crippen LogP contribution is -2.45. The zero-order chi connectivity index (χ0) is 25.2. The Morgan fingerprint density at radius 3 is 2.70 bits per heavy atom. The summed E-state index contributed by atoms with van der Waals surface area (Å²) in [7, 11) is 0. The highest BCUT2D eigenvalue weighted by molar-refractivity contribution is 5.89. The average molecular weight is 501 g/mol. The molecule has 2 amide bonds. The van der Waals surface area contributed by atoms with E-state index in [0.717, 1.165) is 60.9 Å². The summed E-state index contributed by atoms with van der Waals surface area (Å²) in [4.78, 5) is 35.7. The molecular formula is C27H32N8O2. The number of morpholine rings is 1. The number of carbonyl (C=O) groups is 1. The number of urea groups is 1. The Morgan fingerprint density at radius 2 is 1.97 bits per heavy atom. The summed E-state index contributed by atoms with van der Waals surface area (Å²) in [6.07, 6.45) is 9.34. The lowest BCUT2D eigenvalue weighted by atomic mass is 9.93. The fourth-order valence-electron chi connectivity index (χ4n) is 5.08. The van der Waals surface area contributed by atoms with Crippen molar-refractivity contribution in [3.05, 3.63) is 54.1 Å².